The summed E-state index contributed by atoms with van der Waals surface area (Å²) < 4.78 is 5.88. The van der Waals surface area contributed by atoms with Gasteiger partial charge in [-0.25, -0.2) is 9.78 Å². The number of nitrogens with one attached hydrogen (secondary N) is 1. The fraction of sp³-hybridized carbons (Fsp3) is 0.300. The maximum absolute atomic E-state index is 12.4. The number of benzene rings is 2. The van der Waals surface area contributed by atoms with E-state index in [0.717, 1.165) is 35.4 Å². The molecule has 1 fully saturated rings. The van der Waals surface area contributed by atoms with Gasteiger partial charge in [0.2, 0.25) is 0 Å². The number of piperidine rings is 1. The van der Waals surface area contributed by atoms with Crippen LogP contribution in [0.3, 0.4) is 0 Å². The molecule has 5 nitrogen and oxygen atoms in total. The third kappa shape index (κ3) is 3.68. The number of halogens is 1. The number of fused-ring (bicyclic) bond motifs is 1. The van der Waals surface area contributed by atoms with E-state index < -0.39 is 0 Å². The first-order valence-corrected chi connectivity index (χ1v) is 9.19. The highest BCUT2D eigenvalue weighted by atomic mass is 35.5. The van der Waals surface area contributed by atoms with Crippen molar-refractivity contribution in [3.8, 4) is 0 Å². The molecule has 6 heteroatoms. The van der Waals surface area contributed by atoms with E-state index in [2.05, 4.69) is 10.3 Å². The standard InChI is InChI=1S/C20H20ClN3O2/c21-16-7-5-14(6-8-16)13-22-20(25)24-11-9-15(10-12-24)19-23-17-3-1-2-4-18(17)26-19/h1-8,15H,9-13H2,(H,22,25). The zero-order valence-electron chi connectivity index (χ0n) is 14.3. The molecule has 0 atom stereocenters. The molecule has 4 rings (SSSR count). The van der Waals surface area contributed by atoms with Crippen LogP contribution >= 0.6 is 11.6 Å². The Kier molecular flexibility index (Phi) is 4.80. The van der Waals surface area contributed by atoms with Crippen molar-refractivity contribution in [3.05, 3.63) is 65.0 Å². The number of carbonyl (C=O) groups is 1. The number of hydrogen-bond acceptors (Lipinski definition) is 3. The number of hydrogen-bond donors (Lipinski definition) is 1. The summed E-state index contributed by atoms with van der Waals surface area (Å²) in [6, 6.07) is 15.3. The molecule has 134 valence electrons. The number of nitrogens with zero attached hydrogens (tertiary/aromatic N) is 2. The van der Waals surface area contributed by atoms with Gasteiger partial charge >= 0.3 is 6.03 Å². The molecule has 0 aliphatic carbocycles. The van der Waals surface area contributed by atoms with E-state index in [0.29, 0.717) is 24.7 Å². The number of aromatic nitrogens is 1. The number of oxazole rings is 1. The predicted octanol–water partition coefficient (Wildman–Crippen LogP) is 4.57. The lowest BCUT2D eigenvalue weighted by molar-refractivity contribution is 0.177. The normalized spacial score (nSPS) is 15.3. The number of likely N-dealkylation sites (tertiary alicyclic amines) is 1. The van der Waals surface area contributed by atoms with Gasteiger partial charge in [-0.3, -0.25) is 0 Å². The first-order chi connectivity index (χ1) is 12.7. The third-order valence-corrected chi connectivity index (χ3v) is 5.05. The van der Waals surface area contributed by atoms with Crippen molar-refractivity contribution in [1.29, 1.82) is 0 Å². The number of rotatable bonds is 3. The minimum Gasteiger partial charge on any atom is -0.440 e. The van der Waals surface area contributed by atoms with Gasteiger partial charge in [0.1, 0.15) is 5.52 Å². The highest BCUT2D eigenvalue weighted by Gasteiger charge is 2.26. The molecule has 1 saturated heterocycles. The highest BCUT2D eigenvalue weighted by Crippen LogP contribution is 2.29. The summed E-state index contributed by atoms with van der Waals surface area (Å²) in [6.45, 7) is 1.91. The second kappa shape index (κ2) is 7.38. The van der Waals surface area contributed by atoms with Gasteiger partial charge in [0.15, 0.2) is 11.5 Å². The van der Waals surface area contributed by atoms with Gasteiger partial charge in [-0.2, -0.15) is 0 Å². The Morgan fingerprint density at radius 2 is 1.88 bits per heavy atom. The van der Waals surface area contributed by atoms with Crippen LogP contribution in [0.1, 0.15) is 30.2 Å². The second-order valence-corrected chi connectivity index (χ2v) is 7.00. The van der Waals surface area contributed by atoms with E-state index in [1.165, 1.54) is 0 Å². The summed E-state index contributed by atoms with van der Waals surface area (Å²) in [7, 11) is 0. The lowest BCUT2D eigenvalue weighted by Gasteiger charge is -2.30. The molecule has 1 aromatic heterocycles. The van der Waals surface area contributed by atoms with Crippen LogP contribution in [0.2, 0.25) is 5.02 Å². The summed E-state index contributed by atoms with van der Waals surface area (Å²) in [6.07, 6.45) is 1.72. The van der Waals surface area contributed by atoms with Crippen LogP contribution in [0.5, 0.6) is 0 Å². The third-order valence-electron chi connectivity index (χ3n) is 4.80. The molecule has 1 N–H and O–H groups in total. The Morgan fingerprint density at radius 3 is 2.62 bits per heavy atom. The monoisotopic (exact) mass is 369 g/mol. The maximum atomic E-state index is 12.4. The Labute approximate surface area is 157 Å². The van der Waals surface area contributed by atoms with Gasteiger partial charge in [-0.15, -0.1) is 0 Å². The Balaban J connectivity index is 1.31. The zero-order valence-corrected chi connectivity index (χ0v) is 15.1. The molecule has 2 aromatic carbocycles. The van der Waals surface area contributed by atoms with Crippen LogP contribution in [-0.4, -0.2) is 29.0 Å². The average Bonchev–Trinajstić information content (AvgIpc) is 3.12. The lowest BCUT2D eigenvalue weighted by atomic mass is 9.97. The van der Waals surface area contributed by atoms with Crippen LogP contribution in [0.25, 0.3) is 11.1 Å². The molecule has 0 saturated carbocycles. The summed E-state index contributed by atoms with van der Waals surface area (Å²) in [4.78, 5) is 18.8. The fourth-order valence-electron chi connectivity index (χ4n) is 3.29. The molecular formula is C20H20ClN3O2. The molecule has 1 aliphatic heterocycles. The molecule has 0 bridgehead atoms. The molecule has 0 unspecified atom stereocenters. The van der Waals surface area contributed by atoms with Crippen LogP contribution < -0.4 is 5.32 Å². The highest BCUT2D eigenvalue weighted by molar-refractivity contribution is 6.30. The van der Waals surface area contributed by atoms with Crippen molar-refractivity contribution in [2.45, 2.75) is 25.3 Å². The molecule has 3 aromatic rings. The van der Waals surface area contributed by atoms with Crippen molar-refractivity contribution >= 4 is 28.7 Å². The van der Waals surface area contributed by atoms with Crippen LogP contribution in [-0.2, 0) is 6.54 Å². The first kappa shape index (κ1) is 16.9. The summed E-state index contributed by atoms with van der Waals surface area (Å²) in [5, 5.41) is 3.66. The van der Waals surface area contributed by atoms with Crippen LogP contribution in [0, 0.1) is 0 Å². The maximum Gasteiger partial charge on any atom is 0.317 e. The minimum absolute atomic E-state index is 0.0315. The van der Waals surface area contributed by atoms with Gasteiger partial charge in [0.05, 0.1) is 0 Å². The first-order valence-electron chi connectivity index (χ1n) is 8.82. The fourth-order valence-corrected chi connectivity index (χ4v) is 3.41. The molecule has 2 heterocycles. The molecular weight excluding hydrogens is 350 g/mol. The number of amides is 2. The average molecular weight is 370 g/mol. The summed E-state index contributed by atoms with van der Waals surface area (Å²) in [5.41, 5.74) is 2.75. The van der Waals surface area contributed by atoms with Gasteiger partial charge in [-0.05, 0) is 42.7 Å². The number of urea groups is 1. The van der Waals surface area contributed by atoms with E-state index in [4.69, 9.17) is 16.0 Å². The van der Waals surface area contributed by atoms with E-state index >= 15 is 0 Å². The Bertz CT molecular complexity index is 866. The smallest absolute Gasteiger partial charge is 0.317 e. The van der Waals surface area contributed by atoms with Crippen molar-refractivity contribution < 1.29 is 9.21 Å². The van der Waals surface area contributed by atoms with Crippen molar-refractivity contribution in [1.82, 2.24) is 15.2 Å². The van der Waals surface area contributed by atoms with Crippen LogP contribution in [0.15, 0.2) is 52.9 Å². The second-order valence-electron chi connectivity index (χ2n) is 6.57. The minimum atomic E-state index is -0.0315. The van der Waals surface area contributed by atoms with E-state index in [-0.39, 0.29) is 11.9 Å². The van der Waals surface area contributed by atoms with Gasteiger partial charge in [0, 0.05) is 30.6 Å². The molecule has 0 radical (unpaired) electrons. The zero-order chi connectivity index (χ0) is 17.9. The van der Waals surface area contributed by atoms with E-state index in [1.54, 1.807) is 0 Å². The summed E-state index contributed by atoms with van der Waals surface area (Å²) in [5.74, 6) is 1.05. The molecule has 0 spiro atoms. The molecule has 1 aliphatic rings. The van der Waals surface area contributed by atoms with Crippen molar-refractivity contribution in [2.75, 3.05) is 13.1 Å². The lowest BCUT2D eigenvalue weighted by Crippen LogP contribution is -2.43. The summed E-state index contributed by atoms with van der Waals surface area (Å²) >= 11 is 5.88. The van der Waals surface area contributed by atoms with Gasteiger partial charge in [-0.1, -0.05) is 35.9 Å². The van der Waals surface area contributed by atoms with Crippen molar-refractivity contribution in [2.24, 2.45) is 0 Å². The van der Waals surface area contributed by atoms with Crippen molar-refractivity contribution in [3.63, 3.8) is 0 Å². The SMILES string of the molecule is O=C(NCc1ccc(Cl)cc1)N1CCC(c2nc3ccccc3o2)CC1. The molecule has 2 amide bonds. The largest absolute Gasteiger partial charge is 0.440 e. The predicted molar refractivity (Wildman–Crippen MR) is 101 cm³/mol. The van der Waals surface area contributed by atoms with Gasteiger partial charge < -0.3 is 14.6 Å². The van der Waals surface area contributed by atoms with E-state index in [9.17, 15) is 4.79 Å². The van der Waals surface area contributed by atoms with E-state index in [1.807, 2.05) is 53.4 Å². The number of para-hydroxylation sites is 2. The molecule has 26 heavy (non-hydrogen) atoms. The Morgan fingerprint density at radius 1 is 1.15 bits per heavy atom. The Hall–Kier alpha value is -2.53. The quantitative estimate of drug-likeness (QED) is 0.735. The van der Waals surface area contributed by atoms with Gasteiger partial charge in [0.25, 0.3) is 0 Å². The van der Waals surface area contributed by atoms with Crippen LogP contribution in [0.4, 0.5) is 4.79 Å². The topological polar surface area (TPSA) is 58.4 Å². The number of carbonyl (C=O) groups excluding carboxylic acids is 1.